The lowest BCUT2D eigenvalue weighted by Gasteiger charge is -2.29. The number of aromatic nitrogens is 1. The van der Waals surface area contributed by atoms with Crippen molar-refractivity contribution in [3.8, 4) is 0 Å². The second kappa shape index (κ2) is 12.2. The van der Waals surface area contributed by atoms with Crippen molar-refractivity contribution in [2.24, 2.45) is 0 Å². The van der Waals surface area contributed by atoms with E-state index in [1.54, 1.807) is 17.4 Å². The van der Waals surface area contributed by atoms with Gasteiger partial charge in [0.05, 0.1) is 18.2 Å². The minimum absolute atomic E-state index is 0.0521. The Morgan fingerprint density at radius 3 is 2.50 bits per heavy atom. The molecule has 1 aromatic heterocycles. The van der Waals surface area contributed by atoms with Crippen molar-refractivity contribution in [2.45, 2.75) is 82.0 Å². The number of carbonyl (C=O) groups is 2. The first-order valence-corrected chi connectivity index (χ1v) is 15.7. The maximum Gasteiger partial charge on any atom is 0.254 e. The molecule has 3 heterocycles. The first-order valence-electron chi connectivity index (χ1n) is 14.8. The molecule has 0 bridgehead atoms. The summed E-state index contributed by atoms with van der Waals surface area (Å²) in [5, 5.41) is 20.4. The van der Waals surface area contributed by atoms with Gasteiger partial charge in [0.2, 0.25) is 0 Å². The number of halogens is 2. The number of aliphatic hydroxyl groups excluding tert-OH is 1. The zero-order valence-corrected chi connectivity index (χ0v) is 24.4. The van der Waals surface area contributed by atoms with Crippen molar-refractivity contribution in [2.75, 3.05) is 13.1 Å². The van der Waals surface area contributed by atoms with Crippen LogP contribution in [0.4, 0.5) is 8.78 Å². The Morgan fingerprint density at radius 1 is 1.07 bits per heavy atom. The van der Waals surface area contributed by atoms with Gasteiger partial charge in [-0.25, -0.2) is 13.8 Å². The molecule has 3 N–H and O–H groups in total. The van der Waals surface area contributed by atoms with Crippen LogP contribution in [0, 0.1) is 18.6 Å². The number of hydrogen-bond donors (Lipinski definition) is 3. The molecule has 4 atom stereocenters. The van der Waals surface area contributed by atoms with Crippen molar-refractivity contribution < 1.29 is 23.5 Å². The molecule has 222 valence electrons. The van der Waals surface area contributed by atoms with Crippen LogP contribution in [-0.2, 0) is 6.42 Å². The molecule has 10 heteroatoms. The van der Waals surface area contributed by atoms with E-state index in [2.05, 4.69) is 15.6 Å². The number of nitrogens with one attached hydrogen (secondary N) is 2. The fourth-order valence-electron chi connectivity index (χ4n) is 6.29. The summed E-state index contributed by atoms with van der Waals surface area (Å²) in [6, 6.07) is 7.48. The normalized spacial score (nSPS) is 21.9. The third-order valence-corrected chi connectivity index (χ3v) is 9.63. The predicted octanol–water partition coefficient (Wildman–Crippen LogP) is 5.04. The van der Waals surface area contributed by atoms with Gasteiger partial charge >= 0.3 is 0 Å². The average molecular weight is 595 g/mol. The summed E-state index contributed by atoms with van der Waals surface area (Å²) in [5.41, 5.74) is 3.04. The molecule has 0 radical (unpaired) electrons. The quantitative estimate of drug-likeness (QED) is 0.323. The summed E-state index contributed by atoms with van der Waals surface area (Å²) < 4.78 is 28.0. The zero-order chi connectivity index (χ0) is 29.4. The fourth-order valence-corrected chi connectivity index (χ4v) is 7.23. The van der Waals surface area contributed by atoms with Crippen LogP contribution in [0.1, 0.15) is 93.0 Å². The Balaban J connectivity index is 1.27. The average Bonchev–Trinajstić information content (AvgIpc) is 3.30. The number of amides is 2. The summed E-state index contributed by atoms with van der Waals surface area (Å²) in [7, 11) is 0. The summed E-state index contributed by atoms with van der Waals surface area (Å²) in [6.45, 7) is 3.33. The number of nitrogens with zero attached hydrogens (tertiary/aromatic N) is 2. The Morgan fingerprint density at radius 2 is 1.83 bits per heavy atom. The van der Waals surface area contributed by atoms with Crippen molar-refractivity contribution >= 4 is 23.2 Å². The highest BCUT2D eigenvalue weighted by Crippen LogP contribution is 2.41. The van der Waals surface area contributed by atoms with Gasteiger partial charge in [0.25, 0.3) is 11.8 Å². The van der Waals surface area contributed by atoms with Crippen LogP contribution < -0.4 is 10.6 Å². The van der Waals surface area contributed by atoms with E-state index >= 15 is 0 Å². The molecule has 1 aliphatic carbocycles. The summed E-state index contributed by atoms with van der Waals surface area (Å²) >= 11 is 1.57. The van der Waals surface area contributed by atoms with Crippen molar-refractivity contribution in [1.82, 2.24) is 20.5 Å². The number of hydrogen-bond acceptors (Lipinski definition) is 6. The van der Waals surface area contributed by atoms with Crippen LogP contribution in [0.2, 0.25) is 0 Å². The molecule has 2 saturated heterocycles. The minimum atomic E-state index is -0.970. The van der Waals surface area contributed by atoms with Crippen LogP contribution in [0.5, 0.6) is 0 Å². The van der Waals surface area contributed by atoms with Crippen LogP contribution >= 0.6 is 11.3 Å². The molecule has 2 aromatic carbocycles. The van der Waals surface area contributed by atoms with Gasteiger partial charge in [-0.15, -0.1) is 11.3 Å². The third kappa shape index (κ3) is 6.40. The largest absolute Gasteiger partial charge is 0.389 e. The Kier molecular flexibility index (Phi) is 8.38. The lowest BCUT2D eigenvalue weighted by Crippen LogP contribution is -2.52. The van der Waals surface area contributed by atoms with Crippen LogP contribution in [0.25, 0.3) is 0 Å². The fraction of sp³-hybridized carbons (Fsp3) is 0.469. The van der Waals surface area contributed by atoms with E-state index in [0.717, 1.165) is 67.4 Å². The molecular weight excluding hydrogens is 558 g/mol. The number of aliphatic hydroxyl groups is 1. The van der Waals surface area contributed by atoms with Crippen molar-refractivity contribution in [1.29, 1.82) is 0 Å². The second-order valence-corrected chi connectivity index (χ2v) is 12.7. The monoisotopic (exact) mass is 594 g/mol. The molecule has 42 heavy (non-hydrogen) atoms. The van der Waals surface area contributed by atoms with Gasteiger partial charge in [-0.3, -0.25) is 9.59 Å². The molecule has 0 unspecified atom stereocenters. The molecule has 1 saturated carbocycles. The van der Waals surface area contributed by atoms with Gasteiger partial charge in [0, 0.05) is 40.9 Å². The Labute approximate surface area is 248 Å². The lowest BCUT2D eigenvalue weighted by molar-refractivity contribution is 0.0733. The van der Waals surface area contributed by atoms with E-state index < -0.39 is 29.7 Å². The van der Waals surface area contributed by atoms with E-state index in [1.165, 1.54) is 12.1 Å². The van der Waals surface area contributed by atoms with Crippen molar-refractivity contribution in [3.05, 3.63) is 86.4 Å². The Hall–Kier alpha value is -3.21. The number of carbonyl (C=O) groups excluding carboxylic acids is 2. The molecule has 2 amide bonds. The maximum absolute atomic E-state index is 14.0. The van der Waals surface area contributed by atoms with Gasteiger partial charge in [-0.05, 0) is 106 Å². The third-order valence-electron chi connectivity index (χ3n) is 8.57. The first-order chi connectivity index (χ1) is 20.2. The highest BCUT2D eigenvalue weighted by Gasteiger charge is 2.35. The smallest absolute Gasteiger partial charge is 0.254 e. The van der Waals surface area contributed by atoms with E-state index in [9.17, 15) is 23.5 Å². The predicted molar refractivity (Wildman–Crippen MR) is 157 cm³/mol. The second-order valence-electron chi connectivity index (χ2n) is 11.9. The van der Waals surface area contributed by atoms with Crippen LogP contribution in [0.3, 0.4) is 0 Å². The lowest BCUT2D eigenvalue weighted by atomic mass is 9.94. The molecule has 0 spiro atoms. The summed E-state index contributed by atoms with van der Waals surface area (Å²) in [5.74, 6) is -1.67. The van der Waals surface area contributed by atoms with Gasteiger partial charge in [0.1, 0.15) is 16.6 Å². The molecule has 3 aliphatic rings. The number of thiazole rings is 1. The molecule has 6 rings (SSSR count). The number of likely N-dealkylation sites (tertiary alicyclic amines) is 1. The molecular formula is C32H36F2N4O3S. The van der Waals surface area contributed by atoms with Gasteiger partial charge in [0.15, 0.2) is 0 Å². The van der Waals surface area contributed by atoms with Gasteiger partial charge < -0.3 is 20.6 Å². The van der Waals surface area contributed by atoms with Crippen molar-refractivity contribution in [3.63, 3.8) is 0 Å². The highest BCUT2D eigenvalue weighted by atomic mass is 32.1. The van der Waals surface area contributed by atoms with Crippen LogP contribution in [-0.4, -0.2) is 58.1 Å². The van der Waals surface area contributed by atoms with E-state index in [1.807, 2.05) is 29.3 Å². The standard InChI is InChI=1S/C32H36F2N4O3S/c1-18-17-42-31(36-18)28-5-3-9-38(28)32(41)23-14-21(20-6-7-20)13-22(15-23)30(40)37-27(29(39)26-4-2-8-35-26)12-19-10-24(33)16-25(34)11-19/h10-11,13-17,20,26-29,35,39H,2-9,12H2,1H3,(H,37,40)/t26-,27+,28-,29-/m1/s1. The SMILES string of the molecule is Cc1csc([C@H]2CCCN2C(=O)c2cc(C(=O)N[C@@H](Cc3cc(F)cc(F)c3)[C@H](O)[C@H]3CCCN3)cc(C3CC3)c2)n1. The topological polar surface area (TPSA) is 94.6 Å². The molecule has 7 nitrogen and oxygen atoms in total. The summed E-state index contributed by atoms with van der Waals surface area (Å²) in [6.07, 6.45) is 4.45. The van der Waals surface area contributed by atoms with Gasteiger partial charge in [-0.2, -0.15) is 0 Å². The minimum Gasteiger partial charge on any atom is -0.389 e. The van der Waals surface area contributed by atoms with E-state index in [0.29, 0.717) is 29.2 Å². The molecule has 2 aliphatic heterocycles. The molecule has 3 aromatic rings. The number of benzene rings is 2. The number of rotatable bonds is 9. The Bertz CT molecular complexity index is 1450. The first kappa shape index (κ1) is 28.9. The van der Waals surface area contributed by atoms with Crippen LogP contribution in [0.15, 0.2) is 41.8 Å². The maximum atomic E-state index is 14.0. The molecule has 3 fully saturated rings. The summed E-state index contributed by atoms with van der Waals surface area (Å²) in [4.78, 5) is 34.1. The van der Waals surface area contributed by atoms with E-state index in [4.69, 9.17) is 0 Å². The van der Waals surface area contributed by atoms with E-state index in [-0.39, 0.29) is 24.4 Å². The number of aryl methyl sites for hydroxylation is 1. The highest BCUT2D eigenvalue weighted by molar-refractivity contribution is 7.09. The van der Waals surface area contributed by atoms with Gasteiger partial charge in [-0.1, -0.05) is 0 Å². The zero-order valence-electron chi connectivity index (χ0n) is 23.6.